The molecule has 0 saturated heterocycles. The van der Waals surface area contributed by atoms with Crippen LogP contribution in [0, 0.1) is 0 Å². The van der Waals surface area contributed by atoms with Gasteiger partial charge in [0.15, 0.2) is 16.7 Å². The number of carbonyl (C=O) groups is 1. The maximum absolute atomic E-state index is 12.8. The van der Waals surface area contributed by atoms with Crippen LogP contribution in [0.5, 0.6) is 11.5 Å². The first-order chi connectivity index (χ1) is 14.1. The summed E-state index contributed by atoms with van der Waals surface area (Å²) in [4.78, 5) is 29.9. The van der Waals surface area contributed by atoms with Crippen LogP contribution in [0.2, 0.25) is 0 Å². The molecule has 1 aromatic carbocycles. The molecule has 1 amide bonds. The van der Waals surface area contributed by atoms with Gasteiger partial charge in [0, 0.05) is 24.3 Å². The summed E-state index contributed by atoms with van der Waals surface area (Å²) in [6, 6.07) is 5.62. The molecule has 0 saturated carbocycles. The number of amides is 1. The van der Waals surface area contributed by atoms with Gasteiger partial charge in [0.1, 0.15) is 0 Å². The Morgan fingerprint density at radius 1 is 1.28 bits per heavy atom. The Morgan fingerprint density at radius 2 is 2.10 bits per heavy atom. The van der Waals surface area contributed by atoms with Crippen LogP contribution < -0.4 is 20.3 Å². The number of rotatable bonds is 7. The van der Waals surface area contributed by atoms with Crippen molar-refractivity contribution < 1.29 is 14.3 Å². The predicted octanol–water partition coefficient (Wildman–Crippen LogP) is 2.14. The number of benzene rings is 1. The Kier molecular flexibility index (Phi) is 5.80. The van der Waals surface area contributed by atoms with Crippen molar-refractivity contribution in [2.75, 3.05) is 26.5 Å². The van der Waals surface area contributed by atoms with E-state index < -0.39 is 0 Å². The molecule has 8 heteroatoms. The summed E-state index contributed by atoms with van der Waals surface area (Å²) in [5, 5.41) is 3.73. The van der Waals surface area contributed by atoms with Crippen LogP contribution in [0.1, 0.15) is 35.7 Å². The number of fused-ring (bicyclic) bond motifs is 2. The van der Waals surface area contributed by atoms with Crippen molar-refractivity contribution in [2.24, 2.45) is 0 Å². The number of aromatic nitrogens is 2. The smallest absolute Gasteiger partial charge is 0.257 e. The Balaban J connectivity index is 1.35. The maximum atomic E-state index is 12.8. The van der Waals surface area contributed by atoms with Gasteiger partial charge in [-0.1, -0.05) is 17.8 Å². The van der Waals surface area contributed by atoms with Crippen LogP contribution >= 0.6 is 11.8 Å². The fourth-order valence-electron chi connectivity index (χ4n) is 3.97. The second-order valence-electron chi connectivity index (χ2n) is 7.31. The average molecular weight is 416 g/mol. The molecular weight excluding hydrogens is 390 g/mol. The monoisotopic (exact) mass is 415 g/mol. The van der Waals surface area contributed by atoms with Crippen LogP contribution in [0.3, 0.4) is 0 Å². The minimum absolute atomic E-state index is 0.0451. The Morgan fingerprint density at radius 3 is 2.90 bits per heavy atom. The summed E-state index contributed by atoms with van der Waals surface area (Å²) in [5.41, 5.74) is 2.90. The maximum Gasteiger partial charge on any atom is 0.257 e. The van der Waals surface area contributed by atoms with E-state index in [1.165, 1.54) is 0 Å². The standard InChI is InChI=1S/C21H25N3O4S/c1-27-17-7-6-13(10-18(17)28-2)8-9-22-19(25)11-14-12-29-21-23-16-5-3-4-15(16)20(26)24(14)21/h6-7,10,14H,3-5,8-9,11-12H2,1-2H3,(H,22,25)/t14-/m0/s1. The summed E-state index contributed by atoms with van der Waals surface area (Å²) >= 11 is 1.57. The van der Waals surface area contributed by atoms with E-state index in [4.69, 9.17) is 9.47 Å². The fourth-order valence-corrected chi connectivity index (χ4v) is 5.13. The summed E-state index contributed by atoms with van der Waals surface area (Å²) in [6.07, 6.45) is 3.67. The molecule has 2 aromatic rings. The number of nitrogens with one attached hydrogen (secondary N) is 1. The first-order valence-corrected chi connectivity index (χ1v) is 10.8. The molecule has 2 aliphatic rings. The van der Waals surface area contributed by atoms with E-state index in [-0.39, 0.29) is 17.5 Å². The van der Waals surface area contributed by atoms with Crippen molar-refractivity contribution in [3.05, 3.63) is 45.4 Å². The summed E-state index contributed by atoms with van der Waals surface area (Å²) in [6.45, 7) is 0.526. The van der Waals surface area contributed by atoms with Gasteiger partial charge in [-0.2, -0.15) is 0 Å². The van der Waals surface area contributed by atoms with Crippen molar-refractivity contribution in [2.45, 2.75) is 43.3 Å². The van der Waals surface area contributed by atoms with Gasteiger partial charge in [0.05, 0.1) is 26.0 Å². The van der Waals surface area contributed by atoms with E-state index in [1.807, 2.05) is 18.2 Å². The number of nitrogens with zero attached hydrogens (tertiary/aromatic N) is 2. The van der Waals surface area contributed by atoms with Gasteiger partial charge in [-0.15, -0.1) is 0 Å². The quantitative estimate of drug-likeness (QED) is 0.698. The predicted molar refractivity (Wildman–Crippen MR) is 111 cm³/mol. The first kappa shape index (κ1) is 19.8. The molecule has 0 bridgehead atoms. The van der Waals surface area contributed by atoms with Gasteiger partial charge in [0.2, 0.25) is 5.91 Å². The number of hydrogen-bond donors (Lipinski definition) is 1. The molecule has 0 unspecified atom stereocenters. The molecule has 1 N–H and O–H groups in total. The van der Waals surface area contributed by atoms with Gasteiger partial charge in [-0.25, -0.2) is 4.98 Å². The molecule has 29 heavy (non-hydrogen) atoms. The zero-order chi connectivity index (χ0) is 20.4. The highest BCUT2D eigenvalue weighted by molar-refractivity contribution is 7.99. The van der Waals surface area contributed by atoms with Gasteiger partial charge in [0.25, 0.3) is 5.56 Å². The van der Waals surface area contributed by atoms with Crippen molar-refractivity contribution >= 4 is 17.7 Å². The van der Waals surface area contributed by atoms with E-state index in [0.29, 0.717) is 36.6 Å². The van der Waals surface area contributed by atoms with E-state index in [2.05, 4.69) is 10.3 Å². The zero-order valence-electron chi connectivity index (χ0n) is 16.7. The molecule has 0 fully saturated rings. The molecule has 0 radical (unpaired) electrons. The first-order valence-electron chi connectivity index (χ1n) is 9.85. The van der Waals surface area contributed by atoms with E-state index in [1.54, 1.807) is 30.5 Å². The minimum atomic E-state index is -0.123. The molecule has 1 aromatic heterocycles. The number of ether oxygens (including phenoxy) is 2. The Bertz CT molecular complexity index is 989. The average Bonchev–Trinajstić information content (AvgIpc) is 3.35. The number of hydrogen-bond acceptors (Lipinski definition) is 6. The molecule has 154 valence electrons. The second-order valence-corrected chi connectivity index (χ2v) is 8.29. The molecule has 1 aliphatic heterocycles. The topological polar surface area (TPSA) is 82.5 Å². The lowest BCUT2D eigenvalue weighted by atomic mass is 10.1. The molecule has 7 nitrogen and oxygen atoms in total. The Labute approximate surface area is 173 Å². The lowest BCUT2D eigenvalue weighted by Gasteiger charge is -2.14. The minimum Gasteiger partial charge on any atom is -0.493 e. The van der Waals surface area contributed by atoms with Gasteiger partial charge in [-0.3, -0.25) is 14.2 Å². The highest BCUT2D eigenvalue weighted by Gasteiger charge is 2.30. The number of thioether (sulfide) groups is 1. The van der Waals surface area contributed by atoms with E-state index in [0.717, 1.165) is 41.2 Å². The lowest BCUT2D eigenvalue weighted by molar-refractivity contribution is -0.121. The summed E-state index contributed by atoms with van der Waals surface area (Å²) in [7, 11) is 3.21. The van der Waals surface area contributed by atoms with Crippen LogP contribution in [-0.4, -0.2) is 42.0 Å². The summed E-state index contributed by atoms with van der Waals surface area (Å²) in [5.74, 6) is 2.03. The van der Waals surface area contributed by atoms with Crippen molar-refractivity contribution in [1.82, 2.24) is 14.9 Å². The van der Waals surface area contributed by atoms with Crippen LogP contribution in [-0.2, 0) is 24.1 Å². The zero-order valence-corrected chi connectivity index (χ0v) is 17.5. The number of carbonyl (C=O) groups excluding carboxylic acids is 1. The molecule has 1 atom stereocenters. The third-order valence-electron chi connectivity index (χ3n) is 5.48. The third-order valence-corrected chi connectivity index (χ3v) is 6.57. The second kappa shape index (κ2) is 8.49. The van der Waals surface area contributed by atoms with E-state index >= 15 is 0 Å². The van der Waals surface area contributed by atoms with Crippen LogP contribution in [0.15, 0.2) is 28.2 Å². The molecule has 4 rings (SSSR count). The molecule has 0 spiro atoms. The largest absolute Gasteiger partial charge is 0.493 e. The number of methoxy groups -OCH3 is 2. The van der Waals surface area contributed by atoms with Crippen LogP contribution in [0.25, 0.3) is 0 Å². The highest BCUT2D eigenvalue weighted by Crippen LogP contribution is 2.34. The normalized spacial score (nSPS) is 17.0. The lowest BCUT2D eigenvalue weighted by Crippen LogP contribution is -2.32. The van der Waals surface area contributed by atoms with Gasteiger partial charge in [-0.05, 0) is 43.4 Å². The third kappa shape index (κ3) is 3.99. The SMILES string of the molecule is COc1ccc(CCNC(=O)C[C@H]2CSc3nc4c(c(=O)n32)CCC4)cc1OC. The number of aryl methyl sites for hydroxylation is 1. The molecule has 1 aliphatic carbocycles. The van der Waals surface area contributed by atoms with Crippen molar-refractivity contribution in [1.29, 1.82) is 0 Å². The molecule has 2 heterocycles. The molecular formula is C21H25N3O4S. The summed E-state index contributed by atoms with van der Waals surface area (Å²) < 4.78 is 12.3. The van der Waals surface area contributed by atoms with Gasteiger partial charge < -0.3 is 14.8 Å². The van der Waals surface area contributed by atoms with Gasteiger partial charge >= 0.3 is 0 Å². The van der Waals surface area contributed by atoms with E-state index in [9.17, 15) is 9.59 Å². The Hall–Kier alpha value is -2.48. The highest BCUT2D eigenvalue weighted by atomic mass is 32.2. The fraction of sp³-hybridized carbons (Fsp3) is 0.476. The van der Waals surface area contributed by atoms with Crippen molar-refractivity contribution in [3.63, 3.8) is 0 Å². The van der Waals surface area contributed by atoms with Crippen LogP contribution in [0.4, 0.5) is 0 Å². The van der Waals surface area contributed by atoms with Crippen molar-refractivity contribution in [3.8, 4) is 11.5 Å².